The van der Waals surface area contributed by atoms with Crippen molar-refractivity contribution in [2.75, 3.05) is 18.4 Å². The molecule has 0 fully saturated rings. The second-order valence-corrected chi connectivity index (χ2v) is 4.97. The number of anilines is 1. The van der Waals surface area contributed by atoms with Crippen LogP contribution in [0.25, 0.3) is 0 Å². The van der Waals surface area contributed by atoms with Crippen LogP contribution in [0.1, 0.15) is 45.1 Å². The van der Waals surface area contributed by atoms with E-state index in [4.69, 9.17) is 11.6 Å². The fourth-order valence-corrected chi connectivity index (χ4v) is 2.03. The van der Waals surface area contributed by atoms with Gasteiger partial charge in [-0.25, -0.2) is 9.97 Å². The van der Waals surface area contributed by atoms with Crippen molar-refractivity contribution in [3.8, 4) is 0 Å². The highest BCUT2D eigenvalue weighted by molar-refractivity contribution is 6.30. The summed E-state index contributed by atoms with van der Waals surface area (Å²) in [6, 6.07) is 0. The number of carbonyl (C=O) groups excluding carboxylic acids is 1. The van der Waals surface area contributed by atoms with Gasteiger partial charge in [-0.05, 0) is 12.3 Å². The van der Waals surface area contributed by atoms with Gasteiger partial charge in [0.25, 0.3) is 0 Å². The summed E-state index contributed by atoms with van der Waals surface area (Å²) in [4.78, 5) is 19.6. The van der Waals surface area contributed by atoms with Crippen LogP contribution in [0.15, 0.2) is 6.33 Å². The molecule has 0 aliphatic rings. The molecular weight excluding hydrogens is 264 g/mol. The minimum Gasteiger partial charge on any atom is -0.369 e. The maximum absolute atomic E-state index is 11.5. The molecule has 0 aromatic carbocycles. The molecule has 0 saturated heterocycles. The summed E-state index contributed by atoms with van der Waals surface area (Å²) < 4.78 is 0. The van der Waals surface area contributed by atoms with Crippen LogP contribution in [0.4, 0.5) is 5.82 Å². The second-order valence-electron chi connectivity index (χ2n) is 4.61. The van der Waals surface area contributed by atoms with Crippen LogP contribution in [0.3, 0.4) is 0 Å². The lowest BCUT2D eigenvalue weighted by molar-refractivity contribution is -0.120. The first-order valence-electron chi connectivity index (χ1n) is 6.57. The van der Waals surface area contributed by atoms with E-state index in [9.17, 15) is 4.79 Å². The molecule has 1 amide bonds. The van der Waals surface area contributed by atoms with E-state index in [1.54, 1.807) is 0 Å². The monoisotopic (exact) mass is 284 g/mol. The van der Waals surface area contributed by atoms with Gasteiger partial charge < -0.3 is 10.6 Å². The van der Waals surface area contributed by atoms with E-state index >= 15 is 0 Å². The van der Waals surface area contributed by atoms with Crippen molar-refractivity contribution in [1.82, 2.24) is 15.3 Å². The number of aromatic nitrogens is 2. The van der Waals surface area contributed by atoms with E-state index in [0.29, 0.717) is 23.9 Å². The molecule has 0 aliphatic carbocycles. The Labute approximate surface area is 119 Å². The molecule has 0 aliphatic heterocycles. The Kier molecular flexibility index (Phi) is 6.56. The molecule has 0 unspecified atom stereocenters. The van der Waals surface area contributed by atoms with Gasteiger partial charge in [0.2, 0.25) is 5.91 Å². The summed E-state index contributed by atoms with van der Waals surface area (Å²) in [5.41, 5.74) is 0.887. The summed E-state index contributed by atoms with van der Waals surface area (Å²) in [6.07, 6.45) is 2.78. The van der Waals surface area contributed by atoms with Crippen LogP contribution in [0.5, 0.6) is 0 Å². The van der Waals surface area contributed by atoms with Crippen LogP contribution in [-0.4, -0.2) is 29.0 Å². The van der Waals surface area contributed by atoms with Crippen molar-refractivity contribution < 1.29 is 4.79 Å². The average molecular weight is 285 g/mol. The van der Waals surface area contributed by atoms with E-state index in [-0.39, 0.29) is 11.8 Å². The first-order valence-corrected chi connectivity index (χ1v) is 6.95. The molecule has 1 aromatic heterocycles. The average Bonchev–Trinajstić information content (AvgIpc) is 2.36. The number of hydrogen-bond donors (Lipinski definition) is 2. The van der Waals surface area contributed by atoms with Crippen molar-refractivity contribution in [1.29, 1.82) is 0 Å². The first kappa shape index (κ1) is 15.7. The number of amides is 1. The van der Waals surface area contributed by atoms with Gasteiger partial charge in [0.1, 0.15) is 17.3 Å². The van der Waals surface area contributed by atoms with Gasteiger partial charge in [-0.15, -0.1) is 0 Å². The largest absolute Gasteiger partial charge is 0.369 e. The smallest absolute Gasteiger partial charge is 0.221 e. The molecule has 19 heavy (non-hydrogen) atoms. The van der Waals surface area contributed by atoms with Gasteiger partial charge in [0, 0.05) is 25.1 Å². The summed E-state index contributed by atoms with van der Waals surface area (Å²) in [5, 5.41) is 6.44. The predicted octanol–water partition coefficient (Wildman–Crippen LogP) is 2.58. The van der Waals surface area contributed by atoms with Crippen molar-refractivity contribution in [3.05, 3.63) is 17.0 Å². The van der Waals surface area contributed by atoms with Crippen LogP contribution < -0.4 is 10.6 Å². The number of carbonyl (C=O) groups is 1. The number of hydrogen-bond acceptors (Lipinski definition) is 4. The van der Waals surface area contributed by atoms with Crippen LogP contribution in [-0.2, 0) is 4.79 Å². The van der Waals surface area contributed by atoms with Gasteiger partial charge in [0.05, 0.1) is 0 Å². The fourth-order valence-electron chi connectivity index (χ4n) is 1.67. The van der Waals surface area contributed by atoms with Crippen LogP contribution in [0.2, 0.25) is 5.15 Å². The molecule has 0 spiro atoms. The van der Waals surface area contributed by atoms with Crippen molar-refractivity contribution in [2.45, 2.75) is 39.5 Å². The molecule has 106 valence electrons. The molecule has 1 heterocycles. The van der Waals surface area contributed by atoms with Gasteiger partial charge in [0.15, 0.2) is 0 Å². The lowest BCUT2D eigenvalue weighted by Gasteiger charge is -2.14. The van der Waals surface area contributed by atoms with E-state index in [2.05, 4.69) is 20.6 Å². The zero-order valence-corrected chi connectivity index (χ0v) is 12.4. The lowest BCUT2D eigenvalue weighted by atomic mass is 10.1. The Morgan fingerprint density at radius 2 is 2.11 bits per heavy atom. The van der Waals surface area contributed by atoms with E-state index in [0.717, 1.165) is 18.5 Å². The Bertz CT molecular complexity index is 423. The van der Waals surface area contributed by atoms with Gasteiger partial charge in [-0.3, -0.25) is 4.79 Å². The Morgan fingerprint density at radius 1 is 1.37 bits per heavy atom. The SMILES string of the molecule is CCCNC(=O)CCNc1ncnc(Cl)c1C(C)C. The molecule has 0 saturated carbocycles. The van der Waals surface area contributed by atoms with E-state index < -0.39 is 0 Å². The first-order chi connectivity index (χ1) is 9.06. The molecule has 1 aromatic rings. The number of nitrogens with one attached hydrogen (secondary N) is 2. The molecule has 0 radical (unpaired) electrons. The van der Waals surface area contributed by atoms with Crippen molar-refractivity contribution in [2.24, 2.45) is 0 Å². The molecule has 0 bridgehead atoms. The maximum atomic E-state index is 11.5. The zero-order chi connectivity index (χ0) is 14.3. The molecule has 2 N–H and O–H groups in total. The quantitative estimate of drug-likeness (QED) is 0.755. The van der Waals surface area contributed by atoms with Gasteiger partial charge in [-0.1, -0.05) is 32.4 Å². The highest BCUT2D eigenvalue weighted by atomic mass is 35.5. The molecule has 5 nitrogen and oxygen atoms in total. The fraction of sp³-hybridized carbons (Fsp3) is 0.615. The summed E-state index contributed by atoms with van der Waals surface area (Å²) >= 11 is 6.06. The summed E-state index contributed by atoms with van der Waals surface area (Å²) in [5.74, 6) is 0.976. The highest BCUT2D eigenvalue weighted by Crippen LogP contribution is 2.27. The number of nitrogens with zero attached hydrogens (tertiary/aromatic N) is 2. The van der Waals surface area contributed by atoms with Crippen molar-refractivity contribution in [3.63, 3.8) is 0 Å². The van der Waals surface area contributed by atoms with Gasteiger partial charge in [-0.2, -0.15) is 0 Å². The number of halogens is 1. The van der Waals surface area contributed by atoms with E-state index in [1.807, 2.05) is 20.8 Å². The third-order valence-corrected chi connectivity index (χ3v) is 2.93. The van der Waals surface area contributed by atoms with E-state index in [1.165, 1.54) is 6.33 Å². The topological polar surface area (TPSA) is 66.9 Å². The lowest BCUT2D eigenvalue weighted by Crippen LogP contribution is -2.26. The summed E-state index contributed by atoms with van der Waals surface area (Å²) in [7, 11) is 0. The van der Waals surface area contributed by atoms with Gasteiger partial charge >= 0.3 is 0 Å². The standard InChI is InChI=1S/C13H21ClN4O/c1-4-6-15-10(19)5-7-16-13-11(9(2)3)12(14)17-8-18-13/h8-9H,4-7H2,1-3H3,(H,15,19)(H,16,17,18). The maximum Gasteiger partial charge on any atom is 0.221 e. The summed E-state index contributed by atoms with van der Waals surface area (Å²) in [6.45, 7) is 7.34. The third kappa shape index (κ3) is 5.03. The molecule has 0 atom stereocenters. The second kappa shape index (κ2) is 7.94. The minimum atomic E-state index is 0.0422. The Balaban J connectivity index is 2.54. The third-order valence-electron chi connectivity index (χ3n) is 2.63. The Morgan fingerprint density at radius 3 is 2.74 bits per heavy atom. The molecular formula is C13H21ClN4O. The molecule has 6 heteroatoms. The highest BCUT2D eigenvalue weighted by Gasteiger charge is 2.13. The molecule has 1 rings (SSSR count). The Hall–Kier alpha value is -1.36. The van der Waals surface area contributed by atoms with Crippen molar-refractivity contribution >= 4 is 23.3 Å². The number of rotatable bonds is 7. The predicted molar refractivity (Wildman–Crippen MR) is 77.5 cm³/mol. The minimum absolute atomic E-state index is 0.0422. The normalized spacial score (nSPS) is 10.6. The zero-order valence-electron chi connectivity index (χ0n) is 11.7. The van der Waals surface area contributed by atoms with Crippen LogP contribution in [0, 0.1) is 0 Å². The van der Waals surface area contributed by atoms with Crippen LogP contribution >= 0.6 is 11.6 Å².